The molecule has 0 bridgehead atoms. The van der Waals surface area contributed by atoms with Crippen molar-refractivity contribution in [2.75, 3.05) is 18.4 Å². The first-order valence-corrected chi connectivity index (χ1v) is 10.1. The van der Waals surface area contributed by atoms with Crippen LogP contribution in [0.2, 0.25) is 0 Å². The number of rotatable bonds is 3. The van der Waals surface area contributed by atoms with Crippen LogP contribution in [0.1, 0.15) is 56.6 Å². The van der Waals surface area contributed by atoms with Crippen molar-refractivity contribution in [2.45, 2.75) is 59.3 Å². The van der Waals surface area contributed by atoms with Crippen molar-refractivity contribution in [3.8, 4) is 0 Å². The molecule has 1 N–H and O–H groups in total. The zero-order chi connectivity index (χ0) is 18.7. The van der Waals surface area contributed by atoms with Crippen molar-refractivity contribution in [2.24, 2.45) is 17.8 Å². The Kier molecular flexibility index (Phi) is 6.00. The minimum absolute atomic E-state index is 0.0288. The predicted octanol–water partition coefficient (Wildman–Crippen LogP) is 4.31. The van der Waals surface area contributed by atoms with Crippen LogP contribution in [0.25, 0.3) is 0 Å². The van der Waals surface area contributed by atoms with Gasteiger partial charge in [0.15, 0.2) is 0 Å². The summed E-state index contributed by atoms with van der Waals surface area (Å²) in [6.45, 7) is 8.17. The second kappa shape index (κ2) is 8.24. The predicted molar refractivity (Wildman–Crippen MR) is 105 cm³/mol. The van der Waals surface area contributed by atoms with Crippen molar-refractivity contribution < 1.29 is 9.59 Å². The highest BCUT2D eigenvalue weighted by Crippen LogP contribution is 2.32. The minimum atomic E-state index is 0.0288. The fraction of sp³-hybridized carbons (Fsp3) is 0.636. The second-order valence-electron chi connectivity index (χ2n) is 8.36. The van der Waals surface area contributed by atoms with Crippen LogP contribution in [-0.2, 0) is 9.59 Å². The number of carbonyl (C=O) groups excluding carboxylic acids is 2. The molecule has 1 aliphatic heterocycles. The Bertz CT molecular complexity index is 654. The molecule has 26 heavy (non-hydrogen) atoms. The van der Waals surface area contributed by atoms with Crippen molar-refractivity contribution in [3.63, 3.8) is 0 Å². The smallest absolute Gasteiger partial charge is 0.227 e. The van der Waals surface area contributed by atoms with E-state index in [-0.39, 0.29) is 17.7 Å². The number of benzene rings is 1. The maximum atomic E-state index is 12.7. The van der Waals surface area contributed by atoms with Gasteiger partial charge in [0.1, 0.15) is 0 Å². The zero-order valence-electron chi connectivity index (χ0n) is 16.4. The van der Waals surface area contributed by atoms with E-state index in [4.69, 9.17) is 0 Å². The summed E-state index contributed by atoms with van der Waals surface area (Å²) in [5, 5.41) is 3.09. The molecule has 0 radical (unpaired) electrons. The van der Waals surface area contributed by atoms with E-state index >= 15 is 0 Å². The van der Waals surface area contributed by atoms with Gasteiger partial charge in [0.25, 0.3) is 0 Å². The third-order valence-corrected chi connectivity index (χ3v) is 6.18. The van der Waals surface area contributed by atoms with Gasteiger partial charge in [0.2, 0.25) is 11.8 Å². The van der Waals surface area contributed by atoms with E-state index in [0.717, 1.165) is 68.8 Å². The molecule has 2 fully saturated rings. The normalized spacial score (nSPS) is 24.3. The van der Waals surface area contributed by atoms with Gasteiger partial charge in [-0.3, -0.25) is 9.59 Å². The molecule has 0 atom stereocenters. The Balaban J connectivity index is 1.50. The van der Waals surface area contributed by atoms with Gasteiger partial charge in [0.05, 0.1) is 0 Å². The van der Waals surface area contributed by atoms with Gasteiger partial charge in [-0.05, 0) is 69.9 Å². The summed E-state index contributed by atoms with van der Waals surface area (Å²) in [5.74, 6) is 1.32. The molecule has 4 nitrogen and oxygen atoms in total. The van der Waals surface area contributed by atoms with Crippen LogP contribution in [0.4, 0.5) is 5.69 Å². The van der Waals surface area contributed by atoms with E-state index in [2.05, 4.69) is 30.1 Å². The van der Waals surface area contributed by atoms with Crippen LogP contribution in [0.5, 0.6) is 0 Å². The number of hydrogen-bond donors (Lipinski definition) is 1. The van der Waals surface area contributed by atoms with Crippen molar-refractivity contribution in [1.82, 2.24) is 4.90 Å². The maximum absolute atomic E-state index is 12.7. The first kappa shape index (κ1) is 18.9. The minimum Gasteiger partial charge on any atom is -0.342 e. The SMILES string of the molecule is Cc1ccc(NC(=O)C2CCC(C(=O)N3CCC(C)CC3)CC2)c(C)c1. The first-order chi connectivity index (χ1) is 12.4. The lowest BCUT2D eigenvalue weighted by Gasteiger charge is -2.35. The van der Waals surface area contributed by atoms with Crippen LogP contribution < -0.4 is 5.32 Å². The summed E-state index contributed by atoms with van der Waals surface area (Å²) in [6.07, 6.45) is 5.57. The fourth-order valence-corrected chi connectivity index (χ4v) is 4.28. The van der Waals surface area contributed by atoms with Gasteiger partial charge in [0, 0.05) is 30.6 Å². The Morgan fingerprint density at radius 2 is 1.58 bits per heavy atom. The van der Waals surface area contributed by atoms with Gasteiger partial charge in [-0.15, -0.1) is 0 Å². The highest BCUT2D eigenvalue weighted by Gasteiger charge is 2.33. The van der Waals surface area contributed by atoms with Crippen LogP contribution in [0, 0.1) is 31.6 Å². The molecule has 2 amide bonds. The summed E-state index contributed by atoms with van der Waals surface area (Å²) in [6, 6.07) is 6.09. The number of nitrogens with one attached hydrogen (secondary N) is 1. The van der Waals surface area contributed by atoms with E-state index in [1.165, 1.54) is 5.56 Å². The topological polar surface area (TPSA) is 49.4 Å². The largest absolute Gasteiger partial charge is 0.342 e. The lowest BCUT2D eigenvalue weighted by molar-refractivity contribution is -0.139. The van der Waals surface area contributed by atoms with E-state index < -0.39 is 0 Å². The van der Waals surface area contributed by atoms with Crippen molar-refractivity contribution in [3.05, 3.63) is 29.3 Å². The zero-order valence-corrected chi connectivity index (χ0v) is 16.4. The molecule has 142 valence electrons. The third kappa shape index (κ3) is 4.46. The number of anilines is 1. The van der Waals surface area contributed by atoms with Gasteiger partial charge >= 0.3 is 0 Å². The van der Waals surface area contributed by atoms with E-state index in [0.29, 0.717) is 5.91 Å². The molecule has 3 rings (SSSR count). The Morgan fingerprint density at radius 1 is 0.962 bits per heavy atom. The maximum Gasteiger partial charge on any atom is 0.227 e. The summed E-state index contributed by atoms with van der Waals surface area (Å²) in [7, 11) is 0. The van der Waals surface area contributed by atoms with Crippen LogP contribution in [-0.4, -0.2) is 29.8 Å². The number of likely N-dealkylation sites (tertiary alicyclic amines) is 1. The van der Waals surface area contributed by atoms with Crippen LogP contribution >= 0.6 is 0 Å². The lowest BCUT2D eigenvalue weighted by atomic mass is 9.80. The van der Waals surface area contributed by atoms with Crippen molar-refractivity contribution in [1.29, 1.82) is 0 Å². The monoisotopic (exact) mass is 356 g/mol. The third-order valence-electron chi connectivity index (χ3n) is 6.18. The molecule has 0 spiro atoms. The van der Waals surface area contributed by atoms with Gasteiger partial charge in [-0.1, -0.05) is 24.6 Å². The number of amides is 2. The first-order valence-electron chi connectivity index (χ1n) is 10.1. The Labute approximate surface area is 157 Å². The number of piperidine rings is 1. The molecular formula is C22H32N2O2. The fourth-order valence-electron chi connectivity index (χ4n) is 4.28. The number of aryl methyl sites for hydroxylation is 2. The molecule has 1 saturated carbocycles. The van der Waals surface area contributed by atoms with E-state index in [1.807, 2.05) is 19.1 Å². The van der Waals surface area contributed by atoms with E-state index in [1.54, 1.807) is 0 Å². The molecule has 1 aliphatic carbocycles. The number of hydrogen-bond acceptors (Lipinski definition) is 2. The molecule has 0 unspecified atom stereocenters. The molecule has 0 aromatic heterocycles. The van der Waals surface area contributed by atoms with Gasteiger partial charge < -0.3 is 10.2 Å². The quantitative estimate of drug-likeness (QED) is 0.877. The lowest BCUT2D eigenvalue weighted by Crippen LogP contribution is -2.42. The molecule has 4 heteroatoms. The Morgan fingerprint density at radius 3 is 2.19 bits per heavy atom. The summed E-state index contributed by atoms with van der Waals surface area (Å²) in [5.41, 5.74) is 3.20. The summed E-state index contributed by atoms with van der Waals surface area (Å²) < 4.78 is 0. The molecule has 1 heterocycles. The summed E-state index contributed by atoms with van der Waals surface area (Å²) in [4.78, 5) is 27.4. The summed E-state index contributed by atoms with van der Waals surface area (Å²) >= 11 is 0. The average Bonchev–Trinajstić information content (AvgIpc) is 2.64. The number of carbonyl (C=O) groups is 2. The van der Waals surface area contributed by atoms with Crippen molar-refractivity contribution >= 4 is 17.5 Å². The molecule has 1 saturated heterocycles. The highest BCUT2D eigenvalue weighted by molar-refractivity contribution is 5.93. The van der Waals surface area contributed by atoms with Gasteiger partial charge in [-0.2, -0.15) is 0 Å². The van der Waals surface area contributed by atoms with E-state index in [9.17, 15) is 9.59 Å². The van der Waals surface area contributed by atoms with Crippen LogP contribution in [0.3, 0.4) is 0 Å². The molecule has 2 aliphatic rings. The second-order valence-corrected chi connectivity index (χ2v) is 8.36. The van der Waals surface area contributed by atoms with Crippen LogP contribution in [0.15, 0.2) is 18.2 Å². The standard InChI is InChI=1S/C22H32N2O2/c1-15-10-12-24(13-11-15)22(26)19-7-5-18(6-8-19)21(25)23-20-9-4-16(2)14-17(20)3/h4,9,14-15,18-19H,5-8,10-13H2,1-3H3,(H,23,25). The van der Waals surface area contributed by atoms with Gasteiger partial charge in [-0.25, -0.2) is 0 Å². The molecule has 1 aromatic rings. The highest BCUT2D eigenvalue weighted by atomic mass is 16.2. The number of nitrogens with zero attached hydrogens (tertiary/aromatic N) is 1. The molecular weight excluding hydrogens is 324 g/mol. The Hall–Kier alpha value is -1.84. The molecule has 1 aromatic carbocycles. The average molecular weight is 357 g/mol.